The van der Waals surface area contributed by atoms with Gasteiger partial charge in [0, 0.05) is 11.6 Å². The smallest absolute Gasteiger partial charge is 0.332 e. The first kappa shape index (κ1) is 9.26. The fourth-order valence-electron chi connectivity index (χ4n) is 1.53. The molecular formula is C9H15NO2. The summed E-state index contributed by atoms with van der Waals surface area (Å²) in [5.41, 5.74) is 0.303. The van der Waals surface area contributed by atoms with E-state index in [0.29, 0.717) is 5.57 Å². The molecule has 1 unspecified atom stereocenters. The Bertz CT molecular complexity index is 195. The molecule has 0 aromatic heterocycles. The lowest BCUT2D eigenvalue weighted by molar-refractivity contribution is -0.133. The molecule has 0 amide bonds. The number of carbonyl (C=O) groups is 1. The van der Waals surface area contributed by atoms with Crippen LogP contribution in [0.1, 0.15) is 19.8 Å². The molecule has 1 atom stereocenters. The molecular weight excluding hydrogens is 154 g/mol. The van der Waals surface area contributed by atoms with Gasteiger partial charge in [0.15, 0.2) is 0 Å². The molecule has 3 heteroatoms. The quantitative estimate of drug-likeness (QED) is 0.643. The lowest BCUT2D eigenvalue weighted by atomic mass is 10.1. The Labute approximate surface area is 72.7 Å². The summed E-state index contributed by atoms with van der Waals surface area (Å²) < 4.78 is 0. The number of hydrogen-bond donors (Lipinski definition) is 1. The van der Waals surface area contributed by atoms with Gasteiger partial charge < -0.3 is 5.11 Å². The van der Waals surface area contributed by atoms with Crippen LogP contribution >= 0.6 is 0 Å². The van der Waals surface area contributed by atoms with Gasteiger partial charge in [-0.25, -0.2) is 4.79 Å². The summed E-state index contributed by atoms with van der Waals surface area (Å²) in [7, 11) is 0. The minimum atomic E-state index is -0.880. The van der Waals surface area contributed by atoms with Crippen molar-refractivity contribution in [1.82, 2.24) is 4.90 Å². The molecule has 68 valence electrons. The van der Waals surface area contributed by atoms with Crippen molar-refractivity contribution < 1.29 is 9.90 Å². The molecule has 0 radical (unpaired) electrons. The molecule has 0 spiro atoms. The Morgan fingerprint density at radius 2 is 2.00 bits per heavy atom. The molecule has 0 bridgehead atoms. The van der Waals surface area contributed by atoms with E-state index >= 15 is 0 Å². The molecule has 0 saturated carbocycles. The second-order valence-corrected chi connectivity index (χ2v) is 3.25. The molecule has 3 nitrogen and oxygen atoms in total. The van der Waals surface area contributed by atoms with Crippen LogP contribution in [0.4, 0.5) is 0 Å². The van der Waals surface area contributed by atoms with Gasteiger partial charge in [-0.2, -0.15) is 0 Å². The van der Waals surface area contributed by atoms with Crippen LogP contribution in [-0.4, -0.2) is 35.1 Å². The zero-order valence-corrected chi connectivity index (χ0v) is 7.42. The van der Waals surface area contributed by atoms with Crippen molar-refractivity contribution in [3.05, 3.63) is 12.2 Å². The minimum absolute atomic E-state index is 0.00926. The Kier molecular flexibility index (Phi) is 2.87. The van der Waals surface area contributed by atoms with Gasteiger partial charge >= 0.3 is 5.97 Å². The number of rotatable bonds is 3. The molecule has 1 rings (SSSR count). The normalized spacial score (nSPS) is 20.8. The Hall–Kier alpha value is -0.830. The zero-order chi connectivity index (χ0) is 9.14. The maximum absolute atomic E-state index is 10.6. The highest BCUT2D eigenvalue weighted by Crippen LogP contribution is 2.15. The van der Waals surface area contributed by atoms with Gasteiger partial charge in [-0.05, 0) is 32.9 Å². The van der Waals surface area contributed by atoms with Crippen molar-refractivity contribution in [1.29, 1.82) is 0 Å². The molecule has 1 heterocycles. The summed E-state index contributed by atoms with van der Waals surface area (Å²) in [5, 5.41) is 8.69. The predicted molar refractivity (Wildman–Crippen MR) is 47.0 cm³/mol. The third-order valence-corrected chi connectivity index (χ3v) is 2.47. The number of hydrogen-bond acceptors (Lipinski definition) is 2. The zero-order valence-electron chi connectivity index (χ0n) is 7.42. The van der Waals surface area contributed by atoms with Crippen LogP contribution in [0.5, 0.6) is 0 Å². The molecule has 0 aliphatic carbocycles. The number of carboxylic acids is 1. The number of aliphatic carboxylic acids is 1. The van der Waals surface area contributed by atoms with E-state index in [1.165, 1.54) is 12.8 Å². The first-order valence-corrected chi connectivity index (χ1v) is 4.29. The van der Waals surface area contributed by atoms with E-state index in [1.54, 1.807) is 0 Å². The van der Waals surface area contributed by atoms with Gasteiger partial charge in [-0.1, -0.05) is 6.58 Å². The van der Waals surface area contributed by atoms with Gasteiger partial charge in [0.05, 0.1) is 0 Å². The van der Waals surface area contributed by atoms with Crippen LogP contribution in [0, 0.1) is 0 Å². The van der Waals surface area contributed by atoms with Crippen molar-refractivity contribution >= 4 is 5.97 Å². The molecule has 1 fully saturated rings. The standard InChI is InChI=1S/C9H15NO2/c1-7(9(11)12)8(2)10-5-3-4-6-10/h8H,1,3-6H2,2H3,(H,11,12). The minimum Gasteiger partial charge on any atom is -0.478 e. The highest BCUT2D eigenvalue weighted by molar-refractivity contribution is 5.87. The van der Waals surface area contributed by atoms with Crippen LogP contribution in [0.3, 0.4) is 0 Å². The summed E-state index contributed by atoms with van der Waals surface area (Å²) in [5.74, 6) is -0.880. The van der Waals surface area contributed by atoms with E-state index < -0.39 is 5.97 Å². The fourth-order valence-corrected chi connectivity index (χ4v) is 1.53. The average Bonchev–Trinajstić information content (AvgIpc) is 2.53. The summed E-state index contributed by atoms with van der Waals surface area (Å²) in [6.45, 7) is 7.48. The van der Waals surface area contributed by atoms with Crippen LogP contribution in [0.15, 0.2) is 12.2 Å². The second-order valence-electron chi connectivity index (χ2n) is 3.25. The molecule has 1 N–H and O–H groups in total. The number of carboxylic acid groups (broad SMARTS) is 1. The Balaban J connectivity index is 2.51. The summed E-state index contributed by atoms with van der Waals surface area (Å²) in [4.78, 5) is 12.7. The van der Waals surface area contributed by atoms with Crippen LogP contribution in [0.25, 0.3) is 0 Å². The van der Waals surface area contributed by atoms with Gasteiger partial charge in [0.25, 0.3) is 0 Å². The van der Waals surface area contributed by atoms with Crippen molar-refractivity contribution in [3.8, 4) is 0 Å². The van der Waals surface area contributed by atoms with Crippen LogP contribution < -0.4 is 0 Å². The highest BCUT2D eigenvalue weighted by atomic mass is 16.4. The maximum atomic E-state index is 10.6. The van der Waals surface area contributed by atoms with Gasteiger partial charge in [0.1, 0.15) is 0 Å². The average molecular weight is 169 g/mol. The van der Waals surface area contributed by atoms with E-state index in [4.69, 9.17) is 5.11 Å². The summed E-state index contributed by atoms with van der Waals surface area (Å²) in [6.07, 6.45) is 2.36. The van der Waals surface area contributed by atoms with E-state index in [-0.39, 0.29) is 6.04 Å². The molecule has 0 aromatic rings. The SMILES string of the molecule is C=C(C(=O)O)C(C)N1CCCC1. The van der Waals surface area contributed by atoms with E-state index in [2.05, 4.69) is 11.5 Å². The summed E-state index contributed by atoms with van der Waals surface area (Å²) >= 11 is 0. The van der Waals surface area contributed by atoms with E-state index in [1.807, 2.05) is 6.92 Å². The fraction of sp³-hybridized carbons (Fsp3) is 0.667. The lowest BCUT2D eigenvalue weighted by Gasteiger charge is -2.23. The third kappa shape index (κ3) is 1.85. The molecule has 1 aliphatic rings. The first-order chi connectivity index (χ1) is 5.63. The Morgan fingerprint density at radius 1 is 1.50 bits per heavy atom. The van der Waals surface area contributed by atoms with Gasteiger partial charge in [-0.15, -0.1) is 0 Å². The predicted octanol–water partition coefficient (Wildman–Crippen LogP) is 1.11. The number of likely N-dealkylation sites (tertiary alicyclic amines) is 1. The Morgan fingerprint density at radius 3 is 2.42 bits per heavy atom. The van der Waals surface area contributed by atoms with E-state index in [0.717, 1.165) is 13.1 Å². The van der Waals surface area contributed by atoms with Crippen molar-refractivity contribution in [2.24, 2.45) is 0 Å². The monoisotopic (exact) mass is 169 g/mol. The van der Waals surface area contributed by atoms with Crippen molar-refractivity contribution in [3.63, 3.8) is 0 Å². The maximum Gasteiger partial charge on any atom is 0.332 e. The molecule has 12 heavy (non-hydrogen) atoms. The lowest BCUT2D eigenvalue weighted by Crippen LogP contribution is -2.33. The first-order valence-electron chi connectivity index (χ1n) is 4.29. The molecule has 1 aliphatic heterocycles. The number of nitrogens with zero attached hydrogens (tertiary/aromatic N) is 1. The van der Waals surface area contributed by atoms with E-state index in [9.17, 15) is 4.79 Å². The topological polar surface area (TPSA) is 40.5 Å². The van der Waals surface area contributed by atoms with Crippen LogP contribution in [0.2, 0.25) is 0 Å². The van der Waals surface area contributed by atoms with Crippen LogP contribution in [-0.2, 0) is 4.79 Å². The third-order valence-electron chi connectivity index (χ3n) is 2.47. The van der Waals surface area contributed by atoms with Gasteiger partial charge in [-0.3, -0.25) is 4.90 Å². The largest absolute Gasteiger partial charge is 0.478 e. The molecule has 0 aromatic carbocycles. The summed E-state index contributed by atoms with van der Waals surface area (Å²) in [6, 6.07) is -0.00926. The van der Waals surface area contributed by atoms with Crippen molar-refractivity contribution in [2.75, 3.05) is 13.1 Å². The molecule has 1 saturated heterocycles. The van der Waals surface area contributed by atoms with Crippen molar-refractivity contribution in [2.45, 2.75) is 25.8 Å². The highest BCUT2D eigenvalue weighted by Gasteiger charge is 2.23. The second kappa shape index (κ2) is 3.72. The van der Waals surface area contributed by atoms with Gasteiger partial charge in [0.2, 0.25) is 0 Å².